The van der Waals surface area contributed by atoms with Crippen molar-refractivity contribution in [1.82, 2.24) is 15.0 Å². The van der Waals surface area contributed by atoms with Crippen LogP contribution in [0.15, 0.2) is 24.3 Å². The van der Waals surface area contributed by atoms with E-state index in [2.05, 4.69) is 15.0 Å². The summed E-state index contributed by atoms with van der Waals surface area (Å²) in [6.07, 6.45) is 0. The average Bonchev–Trinajstić information content (AvgIpc) is 2.34. The SMILES string of the molecule is CCN(Cc1cccc(C)n1)c1cc(Cl)nc(N)n1. The van der Waals surface area contributed by atoms with Crippen LogP contribution in [0, 0.1) is 6.92 Å². The van der Waals surface area contributed by atoms with Gasteiger partial charge in [-0.25, -0.2) is 4.98 Å². The molecule has 0 aliphatic carbocycles. The molecule has 2 aromatic rings. The highest BCUT2D eigenvalue weighted by molar-refractivity contribution is 6.29. The Morgan fingerprint density at radius 1 is 1.26 bits per heavy atom. The van der Waals surface area contributed by atoms with E-state index in [1.807, 2.05) is 36.9 Å². The Morgan fingerprint density at radius 3 is 2.68 bits per heavy atom. The summed E-state index contributed by atoms with van der Waals surface area (Å²) >= 11 is 5.91. The first kappa shape index (κ1) is 13.5. The number of hydrogen-bond acceptors (Lipinski definition) is 5. The number of hydrogen-bond donors (Lipinski definition) is 1. The fourth-order valence-electron chi connectivity index (χ4n) is 1.82. The number of nitrogen functional groups attached to an aromatic ring is 1. The normalized spacial score (nSPS) is 10.5. The highest BCUT2D eigenvalue weighted by Gasteiger charge is 2.10. The van der Waals surface area contributed by atoms with Crippen LogP contribution >= 0.6 is 11.6 Å². The first-order valence-corrected chi connectivity index (χ1v) is 6.44. The largest absolute Gasteiger partial charge is 0.368 e. The van der Waals surface area contributed by atoms with Crippen molar-refractivity contribution in [3.8, 4) is 0 Å². The van der Waals surface area contributed by atoms with Crippen molar-refractivity contribution in [2.24, 2.45) is 0 Å². The maximum absolute atomic E-state index is 5.91. The van der Waals surface area contributed by atoms with E-state index >= 15 is 0 Å². The molecule has 0 unspecified atom stereocenters. The van der Waals surface area contributed by atoms with Gasteiger partial charge in [0, 0.05) is 18.3 Å². The van der Waals surface area contributed by atoms with E-state index < -0.39 is 0 Å². The van der Waals surface area contributed by atoms with Gasteiger partial charge in [-0.1, -0.05) is 17.7 Å². The maximum atomic E-state index is 5.91. The third kappa shape index (κ3) is 3.54. The summed E-state index contributed by atoms with van der Waals surface area (Å²) in [4.78, 5) is 14.6. The molecule has 2 aromatic heterocycles. The minimum atomic E-state index is 0.179. The van der Waals surface area contributed by atoms with E-state index in [9.17, 15) is 0 Å². The Labute approximate surface area is 117 Å². The number of halogens is 1. The average molecular weight is 278 g/mol. The Balaban J connectivity index is 2.24. The maximum Gasteiger partial charge on any atom is 0.223 e. The lowest BCUT2D eigenvalue weighted by molar-refractivity contribution is 0.789. The molecule has 0 amide bonds. The van der Waals surface area contributed by atoms with Gasteiger partial charge in [-0.3, -0.25) is 4.98 Å². The molecule has 0 aliphatic rings. The first-order valence-electron chi connectivity index (χ1n) is 6.06. The van der Waals surface area contributed by atoms with Crippen LogP contribution in [-0.4, -0.2) is 21.5 Å². The van der Waals surface area contributed by atoms with Crippen LogP contribution in [0.4, 0.5) is 11.8 Å². The predicted octanol–water partition coefficient (Wildman–Crippen LogP) is 2.44. The molecule has 2 N–H and O–H groups in total. The second-order valence-corrected chi connectivity index (χ2v) is 4.58. The van der Waals surface area contributed by atoms with E-state index in [4.69, 9.17) is 17.3 Å². The predicted molar refractivity (Wildman–Crippen MR) is 77.2 cm³/mol. The molecule has 0 fully saturated rings. The lowest BCUT2D eigenvalue weighted by atomic mass is 10.3. The molecule has 0 spiro atoms. The van der Waals surface area contributed by atoms with Crippen LogP contribution < -0.4 is 10.6 Å². The molecule has 0 aromatic carbocycles. The summed E-state index contributed by atoms with van der Waals surface area (Å²) in [5, 5.41) is 0.346. The summed E-state index contributed by atoms with van der Waals surface area (Å²) in [7, 11) is 0. The van der Waals surface area contributed by atoms with Gasteiger partial charge in [-0.2, -0.15) is 4.98 Å². The Morgan fingerprint density at radius 2 is 2.05 bits per heavy atom. The van der Waals surface area contributed by atoms with Gasteiger partial charge in [-0.05, 0) is 26.0 Å². The van der Waals surface area contributed by atoms with E-state index in [-0.39, 0.29) is 5.95 Å². The number of anilines is 2. The smallest absolute Gasteiger partial charge is 0.223 e. The number of rotatable bonds is 4. The molecule has 6 heteroatoms. The van der Waals surface area contributed by atoms with Crippen LogP contribution in [-0.2, 0) is 6.54 Å². The minimum absolute atomic E-state index is 0.179. The molecule has 100 valence electrons. The molecule has 19 heavy (non-hydrogen) atoms. The van der Waals surface area contributed by atoms with E-state index in [0.717, 1.165) is 17.9 Å². The van der Waals surface area contributed by atoms with Crippen molar-refractivity contribution in [3.63, 3.8) is 0 Å². The topological polar surface area (TPSA) is 67.9 Å². The Hall–Kier alpha value is -1.88. The monoisotopic (exact) mass is 277 g/mol. The van der Waals surface area contributed by atoms with Gasteiger partial charge in [0.05, 0.1) is 12.2 Å². The van der Waals surface area contributed by atoms with Gasteiger partial charge in [0.2, 0.25) is 5.95 Å². The number of nitrogens with two attached hydrogens (primary N) is 1. The molecule has 5 nitrogen and oxygen atoms in total. The van der Waals surface area contributed by atoms with Crippen molar-refractivity contribution in [2.45, 2.75) is 20.4 Å². The summed E-state index contributed by atoms with van der Waals surface area (Å²) in [5.41, 5.74) is 7.60. The summed E-state index contributed by atoms with van der Waals surface area (Å²) in [6, 6.07) is 7.66. The molecule has 0 radical (unpaired) electrons. The number of aromatic nitrogens is 3. The molecular formula is C13H16ClN5. The standard InChI is InChI=1S/C13H16ClN5/c1-3-19(8-10-6-4-5-9(2)16-10)12-7-11(14)17-13(15)18-12/h4-7H,3,8H2,1-2H3,(H2,15,17,18). The highest BCUT2D eigenvalue weighted by atomic mass is 35.5. The molecule has 0 aliphatic heterocycles. The Bertz CT molecular complexity index is 552. The van der Waals surface area contributed by atoms with Gasteiger partial charge >= 0.3 is 0 Å². The van der Waals surface area contributed by atoms with Crippen molar-refractivity contribution < 1.29 is 0 Å². The van der Waals surface area contributed by atoms with E-state index in [1.165, 1.54) is 0 Å². The second kappa shape index (κ2) is 5.84. The molecular weight excluding hydrogens is 262 g/mol. The summed E-state index contributed by atoms with van der Waals surface area (Å²) in [5.74, 6) is 0.890. The van der Waals surface area contributed by atoms with Gasteiger partial charge < -0.3 is 10.6 Å². The van der Waals surface area contributed by atoms with Crippen molar-refractivity contribution in [1.29, 1.82) is 0 Å². The van der Waals surface area contributed by atoms with E-state index in [1.54, 1.807) is 6.07 Å². The van der Waals surface area contributed by atoms with Crippen LogP contribution in [0.1, 0.15) is 18.3 Å². The van der Waals surface area contributed by atoms with Gasteiger partial charge in [0.25, 0.3) is 0 Å². The Kier molecular flexibility index (Phi) is 4.16. The number of aryl methyl sites for hydroxylation is 1. The zero-order valence-electron chi connectivity index (χ0n) is 11.0. The molecule has 0 saturated carbocycles. The van der Waals surface area contributed by atoms with E-state index in [0.29, 0.717) is 17.5 Å². The minimum Gasteiger partial charge on any atom is -0.368 e. The van der Waals surface area contributed by atoms with Gasteiger partial charge in [0.1, 0.15) is 11.0 Å². The van der Waals surface area contributed by atoms with Crippen LogP contribution in [0.25, 0.3) is 0 Å². The fraction of sp³-hybridized carbons (Fsp3) is 0.308. The third-order valence-corrected chi connectivity index (χ3v) is 2.90. The van der Waals surface area contributed by atoms with Crippen LogP contribution in [0.5, 0.6) is 0 Å². The lowest BCUT2D eigenvalue weighted by Crippen LogP contribution is -2.24. The zero-order valence-corrected chi connectivity index (χ0v) is 11.7. The molecule has 0 atom stereocenters. The summed E-state index contributed by atoms with van der Waals surface area (Å²) in [6.45, 7) is 5.45. The first-order chi connectivity index (χ1) is 9.08. The van der Waals surface area contributed by atoms with Gasteiger partial charge in [-0.15, -0.1) is 0 Å². The van der Waals surface area contributed by atoms with Crippen molar-refractivity contribution >= 4 is 23.4 Å². The summed E-state index contributed by atoms with van der Waals surface area (Å²) < 4.78 is 0. The van der Waals surface area contributed by atoms with Crippen molar-refractivity contribution in [3.05, 3.63) is 40.8 Å². The number of pyridine rings is 1. The highest BCUT2D eigenvalue weighted by Crippen LogP contribution is 2.18. The molecule has 0 bridgehead atoms. The third-order valence-electron chi connectivity index (χ3n) is 2.70. The fourth-order valence-corrected chi connectivity index (χ4v) is 2.01. The van der Waals surface area contributed by atoms with Crippen LogP contribution in [0.2, 0.25) is 5.15 Å². The number of nitrogens with zero attached hydrogens (tertiary/aromatic N) is 4. The molecule has 0 saturated heterocycles. The second-order valence-electron chi connectivity index (χ2n) is 4.19. The van der Waals surface area contributed by atoms with Crippen LogP contribution in [0.3, 0.4) is 0 Å². The van der Waals surface area contributed by atoms with Crippen molar-refractivity contribution in [2.75, 3.05) is 17.2 Å². The quantitative estimate of drug-likeness (QED) is 0.870. The lowest BCUT2D eigenvalue weighted by Gasteiger charge is -2.21. The van der Waals surface area contributed by atoms with Gasteiger partial charge in [0.15, 0.2) is 0 Å². The molecule has 2 heterocycles. The zero-order chi connectivity index (χ0) is 13.8. The molecule has 2 rings (SSSR count).